The van der Waals surface area contributed by atoms with E-state index in [1.807, 2.05) is 0 Å². The number of hydrogen-bond acceptors (Lipinski definition) is 3. The summed E-state index contributed by atoms with van der Waals surface area (Å²) in [5.41, 5.74) is 0. The van der Waals surface area contributed by atoms with Crippen molar-refractivity contribution in [1.29, 1.82) is 0 Å². The number of halogens is 2. The van der Waals surface area contributed by atoms with Crippen molar-refractivity contribution >= 4 is 40.8 Å². The molecule has 106 valence electrons. The van der Waals surface area contributed by atoms with Crippen LogP contribution in [-0.2, 0) is 4.79 Å². The Bertz CT molecular complexity index is 434. The minimum Gasteiger partial charge on any atom is -0.300 e. The maximum Gasteiger partial charge on any atom is 0.248 e. The second-order valence-corrected chi connectivity index (χ2v) is 4.79. The largest absolute Gasteiger partial charge is 0.300 e. The molecule has 0 N–H and O–H groups in total. The van der Waals surface area contributed by atoms with Crippen LogP contribution >= 0.6 is 23.2 Å². The molecule has 0 aromatic carbocycles. The van der Waals surface area contributed by atoms with Crippen molar-refractivity contribution in [2.24, 2.45) is 0 Å². The highest BCUT2D eigenvalue weighted by Crippen LogP contribution is 2.14. The predicted molar refractivity (Wildman–Crippen MR) is 76.2 cm³/mol. The molecule has 0 saturated carbocycles. The molecule has 1 rings (SSSR count). The molecule has 1 heterocycles. The third kappa shape index (κ3) is 4.51. The molecule has 1 aromatic rings. The van der Waals surface area contributed by atoms with Gasteiger partial charge in [-0.3, -0.25) is 14.5 Å². The van der Waals surface area contributed by atoms with Crippen LogP contribution in [0.15, 0.2) is 12.3 Å². The molecule has 0 atom stereocenters. The number of amides is 1. The van der Waals surface area contributed by atoms with Gasteiger partial charge < -0.3 is 0 Å². The van der Waals surface area contributed by atoms with Crippen LogP contribution in [0.3, 0.4) is 0 Å². The number of rotatable bonds is 7. The summed E-state index contributed by atoms with van der Waals surface area (Å²) in [7, 11) is 1.62. The Balaban J connectivity index is 2.75. The van der Waals surface area contributed by atoms with E-state index in [2.05, 4.69) is 5.10 Å². The number of carbonyl (C=O) groups is 2. The summed E-state index contributed by atoms with van der Waals surface area (Å²) in [4.78, 5) is 25.2. The Hall–Kier alpha value is -1.07. The first kappa shape index (κ1) is 16.0. The van der Waals surface area contributed by atoms with Gasteiger partial charge in [-0.25, -0.2) is 0 Å². The summed E-state index contributed by atoms with van der Waals surface area (Å²) in [6.45, 7) is 0. The summed E-state index contributed by atoms with van der Waals surface area (Å²) >= 11 is 11.1. The third-order valence-electron chi connectivity index (χ3n) is 2.63. The summed E-state index contributed by atoms with van der Waals surface area (Å²) in [6, 6.07) is 1.64. The number of nitrogens with zero attached hydrogens (tertiary/aromatic N) is 3. The average Bonchev–Trinajstić information content (AvgIpc) is 2.90. The van der Waals surface area contributed by atoms with Crippen molar-refractivity contribution in [3.63, 3.8) is 0 Å². The number of alkyl halides is 2. The van der Waals surface area contributed by atoms with Crippen molar-refractivity contribution in [3.05, 3.63) is 12.3 Å². The zero-order valence-electron chi connectivity index (χ0n) is 10.8. The monoisotopic (exact) mass is 305 g/mol. The number of aromatic nitrogens is 2. The van der Waals surface area contributed by atoms with Gasteiger partial charge in [0.25, 0.3) is 0 Å². The first-order valence-electron chi connectivity index (χ1n) is 6.07. The summed E-state index contributed by atoms with van der Waals surface area (Å²) in [5.74, 6) is 1.07. The van der Waals surface area contributed by atoms with Gasteiger partial charge in [0, 0.05) is 37.7 Å². The number of anilines is 1. The van der Waals surface area contributed by atoms with Crippen LogP contribution in [-0.4, -0.2) is 40.4 Å². The highest BCUT2D eigenvalue weighted by atomic mass is 35.5. The van der Waals surface area contributed by atoms with Crippen LogP contribution in [0.5, 0.6) is 0 Å². The molecule has 0 aliphatic heterocycles. The minimum atomic E-state index is -0.169. The van der Waals surface area contributed by atoms with E-state index < -0.39 is 0 Å². The van der Waals surface area contributed by atoms with Crippen LogP contribution in [0.1, 0.15) is 30.5 Å². The molecule has 0 aliphatic carbocycles. The standard InChI is InChI=1S/C12H17Cl2N3O2/c1-16(11(18)4-2-7-13)10-6-9-15-17(10)12(19)5-3-8-14/h6,9H,2-5,7-8H2,1H3. The molecule has 5 nitrogen and oxygen atoms in total. The van der Waals surface area contributed by atoms with Crippen LogP contribution < -0.4 is 4.90 Å². The quantitative estimate of drug-likeness (QED) is 0.727. The molecule has 0 fully saturated rings. The van der Waals surface area contributed by atoms with E-state index in [9.17, 15) is 9.59 Å². The third-order valence-corrected chi connectivity index (χ3v) is 3.16. The predicted octanol–water partition coefficient (Wildman–Crippen LogP) is 2.52. The zero-order valence-corrected chi connectivity index (χ0v) is 12.3. The van der Waals surface area contributed by atoms with E-state index in [4.69, 9.17) is 23.2 Å². The molecule has 0 aliphatic rings. The molecule has 0 saturated heterocycles. The Morgan fingerprint density at radius 1 is 1.26 bits per heavy atom. The second kappa shape index (κ2) is 8.17. The Kier molecular flexibility index (Phi) is 6.87. The van der Waals surface area contributed by atoms with E-state index in [1.165, 1.54) is 15.8 Å². The number of hydrogen-bond donors (Lipinski definition) is 0. The van der Waals surface area contributed by atoms with Crippen molar-refractivity contribution in [2.75, 3.05) is 23.7 Å². The van der Waals surface area contributed by atoms with Crippen molar-refractivity contribution in [1.82, 2.24) is 9.78 Å². The van der Waals surface area contributed by atoms with Gasteiger partial charge in [-0.1, -0.05) is 0 Å². The molecule has 19 heavy (non-hydrogen) atoms. The topological polar surface area (TPSA) is 55.2 Å². The molecule has 0 bridgehead atoms. The van der Waals surface area contributed by atoms with E-state index in [0.29, 0.717) is 43.3 Å². The van der Waals surface area contributed by atoms with E-state index in [0.717, 1.165) is 0 Å². The fraction of sp³-hybridized carbons (Fsp3) is 0.583. The molecule has 0 spiro atoms. The maximum absolute atomic E-state index is 11.9. The molecular weight excluding hydrogens is 289 g/mol. The Labute approximate surface area is 122 Å². The van der Waals surface area contributed by atoms with Gasteiger partial charge in [0.05, 0.1) is 6.20 Å². The van der Waals surface area contributed by atoms with Gasteiger partial charge in [-0.2, -0.15) is 9.78 Å². The molecule has 1 aromatic heterocycles. The van der Waals surface area contributed by atoms with E-state index >= 15 is 0 Å². The molecule has 0 radical (unpaired) electrons. The normalized spacial score (nSPS) is 10.5. The average molecular weight is 306 g/mol. The van der Waals surface area contributed by atoms with Gasteiger partial charge in [0.2, 0.25) is 11.8 Å². The maximum atomic E-state index is 11.9. The summed E-state index contributed by atoms with van der Waals surface area (Å²) in [5, 5.41) is 3.96. The number of carbonyl (C=O) groups excluding carboxylic acids is 2. The first-order chi connectivity index (χ1) is 9.11. The van der Waals surface area contributed by atoms with Crippen molar-refractivity contribution < 1.29 is 9.59 Å². The van der Waals surface area contributed by atoms with Gasteiger partial charge in [0.15, 0.2) is 0 Å². The smallest absolute Gasteiger partial charge is 0.248 e. The lowest BCUT2D eigenvalue weighted by molar-refractivity contribution is -0.118. The molecule has 0 unspecified atom stereocenters. The van der Waals surface area contributed by atoms with Gasteiger partial charge in [0.1, 0.15) is 5.82 Å². The lowest BCUT2D eigenvalue weighted by Gasteiger charge is -2.17. The minimum absolute atomic E-state index is 0.0902. The van der Waals surface area contributed by atoms with Gasteiger partial charge in [-0.15, -0.1) is 23.2 Å². The van der Waals surface area contributed by atoms with Gasteiger partial charge in [-0.05, 0) is 12.8 Å². The highest BCUT2D eigenvalue weighted by Gasteiger charge is 2.18. The van der Waals surface area contributed by atoms with Crippen LogP contribution in [0, 0.1) is 0 Å². The summed E-state index contributed by atoms with van der Waals surface area (Å²) in [6.07, 6.45) is 3.35. The molecule has 7 heteroatoms. The van der Waals surface area contributed by atoms with Crippen molar-refractivity contribution in [2.45, 2.75) is 25.7 Å². The Morgan fingerprint density at radius 3 is 2.53 bits per heavy atom. The molecular formula is C12H17Cl2N3O2. The molecule has 1 amide bonds. The van der Waals surface area contributed by atoms with Crippen LogP contribution in [0.25, 0.3) is 0 Å². The lowest BCUT2D eigenvalue weighted by atomic mass is 10.3. The van der Waals surface area contributed by atoms with Crippen LogP contribution in [0.4, 0.5) is 5.82 Å². The van der Waals surface area contributed by atoms with E-state index in [1.54, 1.807) is 13.1 Å². The first-order valence-corrected chi connectivity index (χ1v) is 7.14. The van der Waals surface area contributed by atoms with Crippen LogP contribution in [0.2, 0.25) is 0 Å². The highest BCUT2D eigenvalue weighted by molar-refractivity contribution is 6.18. The van der Waals surface area contributed by atoms with Gasteiger partial charge >= 0.3 is 0 Å². The summed E-state index contributed by atoms with van der Waals surface area (Å²) < 4.78 is 1.24. The Morgan fingerprint density at radius 2 is 1.89 bits per heavy atom. The SMILES string of the molecule is CN(C(=O)CCCCl)c1ccnn1C(=O)CCCCl. The van der Waals surface area contributed by atoms with Crippen molar-refractivity contribution in [3.8, 4) is 0 Å². The fourth-order valence-electron chi connectivity index (χ4n) is 1.58. The lowest BCUT2D eigenvalue weighted by Crippen LogP contribution is -2.30. The van der Waals surface area contributed by atoms with E-state index in [-0.39, 0.29) is 11.8 Å². The fourth-order valence-corrected chi connectivity index (χ4v) is 1.85. The second-order valence-electron chi connectivity index (χ2n) is 4.03. The zero-order chi connectivity index (χ0) is 14.3.